The monoisotopic (exact) mass is 368 g/mol. The van der Waals surface area contributed by atoms with Gasteiger partial charge in [0.2, 0.25) is 0 Å². The largest absolute Gasteiger partial charge is 0.475 e. The van der Waals surface area contributed by atoms with E-state index in [4.69, 9.17) is 18.7 Å². The summed E-state index contributed by atoms with van der Waals surface area (Å²) in [6, 6.07) is 1.62. The summed E-state index contributed by atoms with van der Waals surface area (Å²) in [6.45, 7) is 10.9. The molecule has 1 aromatic heterocycles. The minimum Gasteiger partial charge on any atom is -0.475 e. The zero-order valence-electron chi connectivity index (χ0n) is 16.3. The average molecular weight is 368 g/mol. The summed E-state index contributed by atoms with van der Waals surface area (Å²) in [5.41, 5.74) is -0.498. The number of likely N-dealkylation sites (tertiary alicyclic amines) is 1. The van der Waals surface area contributed by atoms with Crippen molar-refractivity contribution in [2.45, 2.75) is 46.1 Å². The molecule has 1 atom stereocenters. The van der Waals surface area contributed by atoms with Gasteiger partial charge in [-0.05, 0) is 31.8 Å². The number of rotatable bonds is 6. The van der Waals surface area contributed by atoms with Gasteiger partial charge in [0, 0.05) is 25.1 Å². The van der Waals surface area contributed by atoms with Gasteiger partial charge in [0.15, 0.2) is 5.76 Å². The van der Waals surface area contributed by atoms with Crippen LogP contribution in [0.2, 0.25) is 0 Å². The lowest BCUT2D eigenvalue weighted by Gasteiger charge is -2.39. The minimum atomic E-state index is -0.517. The van der Waals surface area contributed by atoms with Gasteiger partial charge in [0.1, 0.15) is 11.5 Å². The smallest absolute Gasteiger partial charge is 0.410 e. The Bertz CT molecular complexity index is 628. The number of ether oxygens (including phenoxy) is 3. The maximum atomic E-state index is 11.9. The van der Waals surface area contributed by atoms with Gasteiger partial charge in [-0.15, -0.1) is 0 Å². The standard InChI is InChI=1S/C18H28N2O6/c1-11(2)15(16(21)23-6)13-7-14(19-26-13)24-10-12-8-20(9-12)17(22)25-18(3,4)5/h7,11-12,15H,8-10H2,1-6H3. The van der Waals surface area contributed by atoms with E-state index in [1.807, 2.05) is 34.6 Å². The number of methoxy groups -OCH3 is 1. The summed E-state index contributed by atoms with van der Waals surface area (Å²) in [5, 5.41) is 3.86. The predicted octanol–water partition coefficient (Wildman–Crippen LogP) is 2.83. The van der Waals surface area contributed by atoms with Crippen molar-refractivity contribution >= 4 is 12.1 Å². The van der Waals surface area contributed by atoms with Gasteiger partial charge in [-0.2, -0.15) is 0 Å². The summed E-state index contributed by atoms with van der Waals surface area (Å²) < 4.78 is 21.0. The molecule has 0 aliphatic carbocycles. The fourth-order valence-electron chi connectivity index (χ4n) is 2.68. The molecule has 1 aliphatic rings. The Balaban J connectivity index is 1.81. The molecular weight excluding hydrogens is 340 g/mol. The maximum absolute atomic E-state index is 11.9. The number of aromatic nitrogens is 1. The van der Waals surface area contributed by atoms with Crippen molar-refractivity contribution in [2.24, 2.45) is 11.8 Å². The van der Waals surface area contributed by atoms with Crippen molar-refractivity contribution in [3.05, 3.63) is 11.8 Å². The van der Waals surface area contributed by atoms with E-state index in [-0.39, 0.29) is 23.9 Å². The zero-order chi connectivity index (χ0) is 19.5. The van der Waals surface area contributed by atoms with E-state index in [0.717, 1.165) is 0 Å². The molecule has 0 bridgehead atoms. The van der Waals surface area contributed by atoms with Crippen LogP contribution in [-0.4, -0.2) is 54.5 Å². The van der Waals surface area contributed by atoms with Crippen LogP contribution >= 0.6 is 0 Å². The second-order valence-corrected chi connectivity index (χ2v) is 7.87. The Morgan fingerprint density at radius 3 is 2.54 bits per heavy atom. The third-order valence-corrected chi connectivity index (χ3v) is 4.01. The van der Waals surface area contributed by atoms with Crippen molar-refractivity contribution in [1.82, 2.24) is 10.1 Å². The fourth-order valence-corrected chi connectivity index (χ4v) is 2.68. The highest BCUT2D eigenvalue weighted by Gasteiger charge is 2.34. The lowest BCUT2D eigenvalue weighted by molar-refractivity contribution is -0.144. The second-order valence-electron chi connectivity index (χ2n) is 7.87. The quantitative estimate of drug-likeness (QED) is 0.713. The molecule has 1 fully saturated rings. The van der Waals surface area contributed by atoms with E-state index in [1.54, 1.807) is 11.0 Å². The van der Waals surface area contributed by atoms with Gasteiger partial charge in [-0.25, -0.2) is 4.79 Å². The molecule has 0 N–H and O–H groups in total. The van der Waals surface area contributed by atoms with Crippen LogP contribution in [0.25, 0.3) is 0 Å². The molecule has 2 heterocycles. The number of hydrogen-bond acceptors (Lipinski definition) is 7. The first kappa shape index (κ1) is 20.1. The topological polar surface area (TPSA) is 91.1 Å². The van der Waals surface area contributed by atoms with Crippen molar-refractivity contribution < 1.29 is 28.3 Å². The third kappa shape index (κ3) is 5.12. The van der Waals surface area contributed by atoms with Crippen LogP contribution in [0, 0.1) is 11.8 Å². The van der Waals surface area contributed by atoms with Gasteiger partial charge in [-0.3, -0.25) is 4.79 Å². The lowest BCUT2D eigenvalue weighted by atomic mass is 9.93. The lowest BCUT2D eigenvalue weighted by Crippen LogP contribution is -2.53. The minimum absolute atomic E-state index is 0.0114. The highest BCUT2D eigenvalue weighted by molar-refractivity contribution is 5.77. The highest BCUT2D eigenvalue weighted by atomic mass is 16.6. The molecule has 1 unspecified atom stereocenters. The van der Waals surface area contributed by atoms with Crippen LogP contribution in [0.4, 0.5) is 4.79 Å². The predicted molar refractivity (Wildman–Crippen MR) is 92.9 cm³/mol. The summed E-state index contributed by atoms with van der Waals surface area (Å²) in [6.07, 6.45) is -0.310. The molecule has 0 spiro atoms. The van der Waals surface area contributed by atoms with E-state index in [0.29, 0.717) is 31.3 Å². The Morgan fingerprint density at radius 2 is 2.00 bits per heavy atom. The summed E-state index contributed by atoms with van der Waals surface area (Å²) >= 11 is 0. The van der Waals surface area contributed by atoms with Crippen LogP contribution in [0.15, 0.2) is 10.6 Å². The van der Waals surface area contributed by atoms with E-state index >= 15 is 0 Å². The fraction of sp³-hybridized carbons (Fsp3) is 0.722. The summed E-state index contributed by atoms with van der Waals surface area (Å²) in [7, 11) is 1.35. The highest BCUT2D eigenvalue weighted by Crippen LogP contribution is 2.29. The second kappa shape index (κ2) is 7.97. The van der Waals surface area contributed by atoms with E-state index in [1.165, 1.54) is 7.11 Å². The van der Waals surface area contributed by atoms with Gasteiger partial charge in [0.05, 0.1) is 13.7 Å². The molecule has 26 heavy (non-hydrogen) atoms. The number of esters is 1. The number of hydrogen-bond donors (Lipinski definition) is 0. The molecule has 146 valence electrons. The normalized spacial score (nSPS) is 16.2. The van der Waals surface area contributed by atoms with E-state index in [2.05, 4.69) is 5.16 Å². The maximum Gasteiger partial charge on any atom is 0.410 e. The third-order valence-electron chi connectivity index (χ3n) is 4.01. The molecule has 8 nitrogen and oxygen atoms in total. The van der Waals surface area contributed by atoms with Gasteiger partial charge in [0.25, 0.3) is 5.88 Å². The van der Waals surface area contributed by atoms with E-state index < -0.39 is 11.5 Å². The molecule has 1 saturated heterocycles. The van der Waals surface area contributed by atoms with Crippen LogP contribution in [0.5, 0.6) is 5.88 Å². The molecule has 0 radical (unpaired) electrons. The Morgan fingerprint density at radius 1 is 1.35 bits per heavy atom. The first-order chi connectivity index (χ1) is 12.1. The van der Waals surface area contributed by atoms with Crippen LogP contribution in [-0.2, 0) is 14.3 Å². The molecule has 8 heteroatoms. The summed E-state index contributed by atoms with van der Waals surface area (Å²) in [4.78, 5) is 25.4. The van der Waals surface area contributed by atoms with Crippen molar-refractivity contribution in [3.8, 4) is 5.88 Å². The van der Waals surface area contributed by atoms with Gasteiger partial charge in [-0.1, -0.05) is 13.8 Å². The number of carbonyl (C=O) groups is 2. The van der Waals surface area contributed by atoms with Gasteiger partial charge >= 0.3 is 12.1 Å². The molecule has 1 amide bonds. The first-order valence-corrected chi connectivity index (χ1v) is 8.76. The van der Waals surface area contributed by atoms with Crippen molar-refractivity contribution in [3.63, 3.8) is 0 Å². The Hall–Kier alpha value is -2.25. The van der Waals surface area contributed by atoms with E-state index in [9.17, 15) is 9.59 Å². The number of carbonyl (C=O) groups excluding carboxylic acids is 2. The molecule has 1 aromatic rings. The molecule has 1 aliphatic heterocycles. The first-order valence-electron chi connectivity index (χ1n) is 8.76. The molecular formula is C18H28N2O6. The van der Waals surface area contributed by atoms with Crippen molar-refractivity contribution in [1.29, 1.82) is 0 Å². The van der Waals surface area contributed by atoms with Crippen LogP contribution in [0.3, 0.4) is 0 Å². The molecule has 0 saturated carbocycles. The Labute approximate surface area is 153 Å². The average Bonchev–Trinajstić information content (AvgIpc) is 2.91. The number of nitrogens with zero attached hydrogens (tertiary/aromatic N) is 2. The van der Waals surface area contributed by atoms with Crippen LogP contribution in [0.1, 0.15) is 46.3 Å². The zero-order valence-corrected chi connectivity index (χ0v) is 16.3. The number of amides is 1. The SMILES string of the molecule is COC(=O)C(c1cc(OCC2CN(C(=O)OC(C)(C)C)C2)no1)C(C)C. The molecule has 0 aromatic carbocycles. The van der Waals surface area contributed by atoms with Crippen LogP contribution < -0.4 is 4.74 Å². The summed E-state index contributed by atoms with van der Waals surface area (Å²) in [5.74, 6) is 0.0865. The molecule has 2 rings (SSSR count). The van der Waals surface area contributed by atoms with Gasteiger partial charge < -0.3 is 23.6 Å². The van der Waals surface area contributed by atoms with Crippen molar-refractivity contribution in [2.75, 3.05) is 26.8 Å². The Kier molecular flexibility index (Phi) is 6.15.